The molecule has 6 heteroatoms. The normalized spacial score (nSPS) is 10.7. The maximum absolute atomic E-state index is 12.4. The lowest BCUT2D eigenvalue weighted by molar-refractivity contribution is 0.0948. The number of halogens is 1. The molecule has 0 aliphatic rings. The summed E-state index contributed by atoms with van der Waals surface area (Å²) >= 11 is 5.88. The summed E-state index contributed by atoms with van der Waals surface area (Å²) in [6.07, 6.45) is 0. The van der Waals surface area contributed by atoms with Crippen LogP contribution in [0.2, 0.25) is 5.02 Å². The standard InChI is InChI=1S/C14H10ClN3O2/c1-20-11-5-2-9(3-6-11)14(19)18-13-7-4-10(15)8-12(13)16-17-18/h2-8H,1H3. The van der Waals surface area contributed by atoms with Crippen molar-refractivity contribution in [2.45, 2.75) is 0 Å². The minimum absolute atomic E-state index is 0.252. The lowest BCUT2D eigenvalue weighted by atomic mass is 10.2. The van der Waals surface area contributed by atoms with E-state index < -0.39 is 0 Å². The van der Waals surface area contributed by atoms with Crippen LogP contribution in [-0.4, -0.2) is 28.0 Å². The fourth-order valence-electron chi connectivity index (χ4n) is 1.90. The molecule has 100 valence electrons. The molecule has 0 radical (unpaired) electrons. The second-order valence-corrected chi connectivity index (χ2v) is 4.60. The Balaban J connectivity index is 2.03. The predicted octanol–water partition coefficient (Wildman–Crippen LogP) is 2.78. The van der Waals surface area contributed by atoms with Gasteiger partial charge in [-0.05, 0) is 42.5 Å². The lowest BCUT2D eigenvalue weighted by Gasteiger charge is -2.03. The molecule has 0 N–H and O–H groups in total. The Kier molecular flexibility index (Phi) is 3.12. The largest absolute Gasteiger partial charge is 0.497 e. The van der Waals surface area contributed by atoms with E-state index in [4.69, 9.17) is 16.3 Å². The van der Waals surface area contributed by atoms with Crippen LogP contribution in [0.3, 0.4) is 0 Å². The zero-order chi connectivity index (χ0) is 14.1. The van der Waals surface area contributed by atoms with Gasteiger partial charge in [0.05, 0.1) is 12.6 Å². The average Bonchev–Trinajstić information content (AvgIpc) is 2.89. The number of methoxy groups -OCH3 is 1. The summed E-state index contributed by atoms with van der Waals surface area (Å²) in [7, 11) is 1.57. The van der Waals surface area contributed by atoms with Crippen molar-refractivity contribution in [1.82, 2.24) is 15.0 Å². The van der Waals surface area contributed by atoms with Crippen molar-refractivity contribution >= 4 is 28.5 Å². The van der Waals surface area contributed by atoms with Gasteiger partial charge in [-0.3, -0.25) is 4.79 Å². The number of ether oxygens (including phenoxy) is 1. The smallest absolute Gasteiger partial charge is 0.280 e. The molecule has 0 atom stereocenters. The van der Waals surface area contributed by atoms with Crippen molar-refractivity contribution in [2.24, 2.45) is 0 Å². The van der Waals surface area contributed by atoms with E-state index in [1.54, 1.807) is 49.6 Å². The van der Waals surface area contributed by atoms with Crippen molar-refractivity contribution in [1.29, 1.82) is 0 Å². The van der Waals surface area contributed by atoms with E-state index in [-0.39, 0.29) is 5.91 Å². The number of aromatic nitrogens is 3. The predicted molar refractivity (Wildman–Crippen MR) is 75.3 cm³/mol. The van der Waals surface area contributed by atoms with E-state index in [9.17, 15) is 4.79 Å². The topological polar surface area (TPSA) is 57.0 Å². The second-order valence-electron chi connectivity index (χ2n) is 4.17. The van der Waals surface area contributed by atoms with Gasteiger partial charge in [-0.15, -0.1) is 5.10 Å². The highest BCUT2D eigenvalue weighted by Crippen LogP contribution is 2.18. The van der Waals surface area contributed by atoms with Crippen molar-refractivity contribution in [3.63, 3.8) is 0 Å². The number of hydrogen-bond donors (Lipinski definition) is 0. The molecule has 0 fully saturated rings. The molecule has 3 rings (SSSR count). The van der Waals surface area contributed by atoms with Gasteiger partial charge in [-0.25, -0.2) is 0 Å². The SMILES string of the molecule is COc1ccc(C(=O)n2nnc3cc(Cl)ccc32)cc1. The molecule has 0 bridgehead atoms. The molecule has 0 aliphatic heterocycles. The Labute approximate surface area is 119 Å². The van der Waals surface area contributed by atoms with Crippen LogP contribution in [0.15, 0.2) is 42.5 Å². The zero-order valence-corrected chi connectivity index (χ0v) is 11.3. The van der Waals surface area contributed by atoms with Gasteiger partial charge >= 0.3 is 0 Å². The highest BCUT2D eigenvalue weighted by Gasteiger charge is 2.14. The molecular weight excluding hydrogens is 278 g/mol. The number of carbonyl (C=O) groups excluding carboxylic acids is 1. The molecule has 20 heavy (non-hydrogen) atoms. The van der Waals surface area contributed by atoms with Crippen molar-refractivity contribution in [3.05, 3.63) is 53.1 Å². The highest BCUT2D eigenvalue weighted by molar-refractivity contribution is 6.31. The Bertz CT molecular complexity index is 781. The van der Waals surface area contributed by atoms with Gasteiger partial charge in [-0.1, -0.05) is 16.8 Å². The molecular formula is C14H10ClN3O2. The van der Waals surface area contributed by atoms with Gasteiger partial charge in [0.25, 0.3) is 5.91 Å². The maximum atomic E-state index is 12.4. The molecule has 5 nitrogen and oxygen atoms in total. The Hall–Kier alpha value is -2.40. The monoisotopic (exact) mass is 287 g/mol. The molecule has 2 aromatic carbocycles. The van der Waals surface area contributed by atoms with E-state index in [0.717, 1.165) is 0 Å². The molecule has 0 saturated carbocycles. The van der Waals surface area contributed by atoms with Crippen molar-refractivity contribution in [3.8, 4) is 5.75 Å². The third-order valence-corrected chi connectivity index (χ3v) is 3.17. The van der Waals surface area contributed by atoms with E-state index in [1.807, 2.05) is 0 Å². The third-order valence-electron chi connectivity index (χ3n) is 2.94. The summed E-state index contributed by atoms with van der Waals surface area (Å²) in [6, 6.07) is 11.9. The van der Waals surface area contributed by atoms with Crippen LogP contribution < -0.4 is 4.74 Å². The Morgan fingerprint density at radius 3 is 2.65 bits per heavy atom. The summed E-state index contributed by atoms with van der Waals surface area (Å²) in [4.78, 5) is 12.4. The van der Waals surface area contributed by atoms with Gasteiger partial charge < -0.3 is 4.74 Å². The minimum Gasteiger partial charge on any atom is -0.497 e. The first-order valence-corrected chi connectivity index (χ1v) is 6.26. The first-order valence-electron chi connectivity index (χ1n) is 5.89. The zero-order valence-electron chi connectivity index (χ0n) is 10.6. The third kappa shape index (κ3) is 2.12. The summed E-state index contributed by atoms with van der Waals surface area (Å²) < 4.78 is 6.32. The molecule has 1 aromatic heterocycles. The summed E-state index contributed by atoms with van der Waals surface area (Å²) in [6.45, 7) is 0. The molecule has 1 heterocycles. The van der Waals surface area contributed by atoms with Gasteiger partial charge in [0.1, 0.15) is 11.3 Å². The average molecular weight is 288 g/mol. The van der Waals surface area contributed by atoms with Crippen LogP contribution >= 0.6 is 11.6 Å². The van der Waals surface area contributed by atoms with Crippen molar-refractivity contribution < 1.29 is 9.53 Å². The fourth-order valence-corrected chi connectivity index (χ4v) is 2.07. The van der Waals surface area contributed by atoms with Crippen LogP contribution in [0, 0.1) is 0 Å². The van der Waals surface area contributed by atoms with Crippen LogP contribution in [-0.2, 0) is 0 Å². The highest BCUT2D eigenvalue weighted by atomic mass is 35.5. The van der Waals surface area contributed by atoms with E-state index in [1.165, 1.54) is 4.68 Å². The summed E-state index contributed by atoms with van der Waals surface area (Å²) in [5.74, 6) is 0.439. The number of nitrogens with zero attached hydrogens (tertiary/aromatic N) is 3. The number of benzene rings is 2. The number of hydrogen-bond acceptors (Lipinski definition) is 4. The number of fused-ring (bicyclic) bond motifs is 1. The van der Waals surface area contributed by atoms with E-state index >= 15 is 0 Å². The molecule has 0 spiro atoms. The lowest BCUT2D eigenvalue weighted by Crippen LogP contribution is -2.13. The second kappa shape index (κ2) is 4.94. The van der Waals surface area contributed by atoms with Crippen LogP contribution in [0.25, 0.3) is 11.0 Å². The van der Waals surface area contributed by atoms with Crippen molar-refractivity contribution in [2.75, 3.05) is 7.11 Å². The molecule has 3 aromatic rings. The van der Waals surface area contributed by atoms with Gasteiger partial charge in [0.2, 0.25) is 0 Å². The fraction of sp³-hybridized carbons (Fsp3) is 0.0714. The maximum Gasteiger partial charge on any atom is 0.280 e. The van der Waals surface area contributed by atoms with Gasteiger partial charge in [-0.2, -0.15) is 4.68 Å². The Morgan fingerprint density at radius 2 is 1.95 bits per heavy atom. The van der Waals surface area contributed by atoms with E-state index in [0.29, 0.717) is 27.4 Å². The first-order chi connectivity index (χ1) is 9.69. The van der Waals surface area contributed by atoms with Crippen LogP contribution in [0.5, 0.6) is 5.75 Å². The number of rotatable bonds is 2. The molecule has 0 amide bonds. The molecule has 0 aliphatic carbocycles. The van der Waals surface area contributed by atoms with Crippen LogP contribution in [0.4, 0.5) is 0 Å². The Morgan fingerprint density at radius 1 is 1.20 bits per heavy atom. The van der Waals surface area contributed by atoms with Gasteiger partial charge in [0, 0.05) is 10.6 Å². The minimum atomic E-state index is -0.252. The summed E-state index contributed by atoms with van der Waals surface area (Å²) in [5.41, 5.74) is 1.71. The molecule has 0 saturated heterocycles. The molecule has 0 unspecified atom stereocenters. The van der Waals surface area contributed by atoms with E-state index in [2.05, 4.69) is 10.3 Å². The summed E-state index contributed by atoms with van der Waals surface area (Å²) in [5, 5.41) is 8.38. The first kappa shape index (κ1) is 12.6. The van der Waals surface area contributed by atoms with Gasteiger partial charge in [0.15, 0.2) is 0 Å². The van der Waals surface area contributed by atoms with Crippen LogP contribution in [0.1, 0.15) is 10.4 Å². The number of carbonyl (C=O) groups is 1. The quantitative estimate of drug-likeness (QED) is 0.727.